The van der Waals surface area contributed by atoms with Crippen molar-refractivity contribution in [2.45, 2.75) is 17.7 Å². The van der Waals surface area contributed by atoms with Crippen LogP contribution in [0.3, 0.4) is 0 Å². The van der Waals surface area contributed by atoms with E-state index < -0.39 is 15.9 Å². The molecule has 9 heteroatoms. The molecule has 0 radical (unpaired) electrons. The number of carbonyl (C=O) groups excluding carboxylic acids is 1. The van der Waals surface area contributed by atoms with Gasteiger partial charge in [0.1, 0.15) is 5.75 Å². The quantitative estimate of drug-likeness (QED) is 0.820. The Balaban J connectivity index is 1.75. The summed E-state index contributed by atoms with van der Waals surface area (Å²) in [6.45, 7) is 0.487. The second-order valence-corrected chi connectivity index (χ2v) is 8.57. The number of carbonyl (C=O) groups is 1. The maximum absolute atomic E-state index is 13.0. The van der Waals surface area contributed by atoms with E-state index in [1.807, 2.05) is 0 Å². The van der Waals surface area contributed by atoms with Gasteiger partial charge in [-0.1, -0.05) is 11.6 Å². The minimum absolute atomic E-state index is 0.0848. The number of nitrogens with one attached hydrogen (secondary N) is 1. The topological polar surface area (TPSA) is 88.6 Å². The average molecular weight is 410 g/mol. The van der Waals surface area contributed by atoms with Gasteiger partial charge in [-0.2, -0.15) is 4.31 Å². The molecule has 1 fully saturated rings. The third-order valence-corrected chi connectivity index (χ3v) is 6.60. The number of piperidine rings is 1. The van der Waals surface area contributed by atoms with E-state index in [4.69, 9.17) is 16.3 Å². The molecule has 27 heavy (non-hydrogen) atoms. The number of aromatic nitrogens is 1. The maximum Gasteiger partial charge on any atom is 0.243 e. The largest absolute Gasteiger partial charge is 0.495 e. The van der Waals surface area contributed by atoms with Crippen molar-refractivity contribution in [3.05, 3.63) is 47.7 Å². The standard InChI is InChI=1S/C18H20ClN3O4S/c1-26-17-7-6-15(10-16(17)19)27(24,25)22-9-3-4-13(12-22)18(23)21-14-5-2-8-20-11-14/h2,5-8,10-11,13H,3-4,9,12H2,1H3,(H,21,23)/t13-/m1/s1. The van der Waals surface area contributed by atoms with Gasteiger partial charge in [-0.05, 0) is 43.2 Å². The van der Waals surface area contributed by atoms with Gasteiger partial charge in [-0.15, -0.1) is 0 Å². The fourth-order valence-electron chi connectivity index (χ4n) is 3.01. The van der Waals surface area contributed by atoms with Gasteiger partial charge < -0.3 is 10.1 Å². The van der Waals surface area contributed by atoms with Crippen LogP contribution in [0, 0.1) is 5.92 Å². The van der Waals surface area contributed by atoms with E-state index in [1.165, 1.54) is 29.6 Å². The van der Waals surface area contributed by atoms with Crippen molar-refractivity contribution < 1.29 is 17.9 Å². The van der Waals surface area contributed by atoms with Crippen molar-refractivity contribution in [3.8, 4) is 5.75 Å². The summed E-state index contributed by atoms with van der Waals surface area (Å²) in [5.41, 5.74) is 0.587. The number of amides is 1. The average Bonchev–Trinajstić information content (AvgIpc) is 2.68. The van der Waals surface area contributed by atoms with Gasteiger partial charge >= 0.3 is 0 Å². The molecule has 144 valence electrons. The molecule has 0 saturated carbocycles. The molecule has 0 spiro atoms. The monoisotopic (exact) mass is 409 g/mol. The van der Waals surface area contributed by atoms with E-state index in [0.29, 0.717) is 30.8 Å². The highest BCUT2D eigenvalue weighted by atomic mass is 35.5. The third-order valence-electron chi connectivity index (χ3n) is 4.45. The van der Waals surface area contributed by atoms with Gasteiger partial charge in [0.2, 0.25) is 15.9 Å². The van der Waals surface area contributed by atoms with Crippen LogP contribution in [0.1, 0.15) is 12.8 Å². The molecular formula is C18H20ClN3O4S. The lowest BCUT2D eigenvalue weighted by Gasteiger charge is -2.31. The lowest BCUT2D eigenvalue weighted by Crippen LogP contribution is -2.43. The van der Waals surface area contributed by atoms with Crippen LogP contribution in [0.5, 0.6) is 5.75 Å². The van der Waals surface area contributed by atoms with Crippen LogP contribution in [0.15, 0.2) is 47.6 Å². The number of nitrogens with zero attached hydrogens (tertiary/aromatic N) is 2. The summed E-state index contributed by atoms with van der Waals surface area (Å²) >= 11 is 6.07. The Kier molecular flexibility index (Phi) is 5.98. The molecule has 0 bridgehead atoms. The van der Waals surface area contributed by atoms with Crippen molar-refractivity contribution in [2.24, 2.45) is 5.92 Å². The first kappa shape index (κ1) is 19.6. The van der Waals surface area contributed by atoms with Crippen molar-refractivity contribution in [1.29, 1.82) is 0 Å². The number of sulfonamides is 1. The number of methoxy groups -OCH3 is 1. The number of pyridine rings is 1. The molecule has 0 unspecified atom stereocenters. The Morgan fingerprint density at radius 1 is 1.37 bits per heavy atom. The molecule has 1 saturated heterocycles. The van der Waals surface area contributed by atoms with E-state index in [2.05, 4.69) is 10.3 Å². The molecule has 2 aromatic rings. The molecule has 1 aromatic heterocycles. The Morgan fingerprint density at radius 2 is 2.19 bits per heavy atom. The summed E-state index contributed by atoms with van der Waals surface area (Å²) in [6.07, 6.45) is 4.40. The van der Waals surface area contributed by atoms with Crippen molar-refractivity contribution in [1.82, 2.24) is 9.29 Å². The molecule has 0 aliphatic carbocycles. The van der Waals surface area contributed by atoms with Crippen molar-refractivity contribution in [2.75, 3.05) is 25.5 Å². The number of halogens is 1. The molecular weight excluding hydrogens is 390 g/mol. The smallest absolute Gasteiger partial charge is 0.243 e. The summed E-state index contributed by atoms with van der Waals surface area (Å²) in [5, 5.41) is 3.01. The van der Waals surface area contributed by atoms with Gasteiger partial charge in [-0.25, -0.2) is 8.42 Å². The minimum atomic E-state index is -3.75. The van der Waals surface area contributed by atoms with Gasteiger partial charge in [0.05, 0.1) is 34.8 Å². The first-order valence-electron chi connectivity index (χ1n) is 8.46. The number of rotatable bonds is 5. The predicted molar refractivity (Wildman–Crippen MR) is 102 cm³/mol. The van der Waals surface area contributed by atoms with Crippen molar-refractivity contribution >= 4 is 33.2 Å². The molecule has 1 atom stereocenters. The summed E-state index contributed by atoms with van der Waals surface area (Å²) in [4.78, 5) is 16.6. The lowest BCUT2D eigenvalue weighted by molar-refractivity contribution is -0.120. The summed E-state index contributed by atoms with van der Waals surface area (Å²) in [5.74, 6) is -0.235. The maximum atomic E-state index is 13.0. The number of benzene rings is 1. The highest BCUT2D eigenvalue weighted by molar-refractivity contribution is 7.89. The molecule has 3 rings (SSSR count). The molecule has 7 nitrogen and oxygen atoms in total. The van der Waals surface area contributed by atoms with Crippen LogP contribution < -0.4 is 10.1 Å². The zero-order valence-electron chi connectivity index (χ0n) is 14.8. The fraction of sp³-hybridized carbons (Fsp3) is 0.333. The second kappa shape index (κ2) is 8.24. The molecule has 1 aliphatic heterocycles. The predicted octanol–water partition coefficient (Wildman–Crippen LogP) is 2.78. The van der Waals surface area contributed by atoms with E-state index in [0.717, 1.165) is 0 Å². The highest BCUT2D eigenvalue weighted by Gasteiger charge is 2.33. The Labute approximate surface area is 163 Å². The summed E-state index contributed by atoms with van der Waals surface area (Å²) in [6, 6.07) is 7.81. The summed E-state index contributed by atoms with van der Waals surface area (Å²) in [7, 11) is -2.28. The highest BCUT2D eigenvalue weighted by Crippen LogP contribution is 2.30. The number of hydrogen-bond acceptors (Lipinski definition) is 5. The van der Waals surface area contributed by atoms with E-state index in [-0.39, 0.29) is 22.4 Å². The van der Waals surface area contributed by atoms with Gasteiger partial charge in [0.25, 0.3) is 0 Å². The van der Waals surface area contributed by atoms with Crippen LogP contribution >= 0.6 is 11.6 Å². The van der Waals surface area contributed by atoms with Gasteiger partial charge in [-0.3, -0.25) is 9.78 Å². The Morgan fingerprint density at radius 3 is 2.85 bits per heavy atom. The van der Waals surface area contributed by atoms with Crippen LogP contribution in [0.25, 0.3) is 0 Å². The van der Waals surface area contributed by atoms with Crippen LogP contribution in [0.2, 0.25) is 5.02 Å². The lowest BCUT2D eigenvalue weighted by atomic mass is 9.99. The first-order valence-corrected chi connectivity index (χ1v) is 10.3. The third kappa shape index (κ3) is 4.40. The molecule has 2 heterocycles. The molecule has 1 aromatic carbocycles. The van der Waals surface area contributed by atoms with Crippen LogP contribution in [-0.4, -0.2) is 43.8 Å². The van der Waals surface area contributed by atoms with E-state index in [9.17, 15) is 13.2 Å². The van der Waals surface area contributed by atoms with Crippen LogP contribution in [-0.2, 0) is 14.8 Å². The molecule has 1 amide bonds. The molecule has 1 N–H and O–H groups in total. The van der Waals surface area contributed by atoms with E-state index >= 15 is 0 Å². The number of anilines is 1. The first-order chi connectivity index (χ1) is 12.9. The number of ether oxygens (including phenoxy) is 1. The zero-order valence-corrected chi connectivity index (χ0v) is 16.3. The van der Waals surface area contributed by atoms with Gasteiger partial charge in [0, 0.05) is 19.3 Å². The van der Waals surface area contributed by atoms with Crippen molar-refractivity contribution in [3.63, 3.8) is 0 Å². The fourth-order valence-corrected chi connectivity index (χ4v) is 4.89. The molecule has 1 aliphatic rings. The zero-order chi connectivity index (χ0) is 19.4. The van der Waals surface area contributed by atoms with Crippen LogP contribution in [0.4, 0.5) is 5.69 Å². The van der Waals surface area contributed by atoms with E-state index in [1.54, 1.807) is 24.5 Å². The SMILES string of the molecule is COc1ccc(S(=O)(=O)N2CCC[C@@H](C(=O)Nc3cccnc3)C2)cc1Cl. The normalized spacial score (nSPS) is 18.1. The van der Waals surface area contributed by atoms with Gasteiger partial charge in [0.15, 0.2) is 0 Å². The minimum Gasteiger partial charge on any atom is -0.495 e. The second-order valence-electron chi connectivity index (χ2n) is 6.23. The number of hydrogen-bond donors (Lipinski definition) is 1. The summed E-state index contributed by atoms with van der Waals surface area (Å²) < 4.78 is 32.3. The Bertz CT molecular complexity index is 921. The Hall–Kier alpha value is -2.16.